The average Bonchev–Trinajstić information content (AvgIpc) is 3.24. The molecule has 0 bridgehead atoms. The van der Waals surface area contributed by atoms with Crippen molar-refractivity contribution in [1.82, 2.24) is 14.8 Å². The number of rotatable bonds is 6. The van der Waals surface area contributed by atoms with Crippen molar-refractivity contribution in [3.8, 4) is 10.6 Å². The Labute approximate surface area is 180 Å². The third-order valence-electron chi connectivity index (χ3n) is 5.13. The molecule has 1 atom stereocenters. The quantitative estimate of drug-likeness (QED) is 0.660. The Morgan fingerprint density at radius 3 is 2.70 bits per heavy atom. The van der Waals surface area contributed by atoms with Gasteiger partial charge in [0.1, 0.15) is 10.7 Å². The highest BCUT2D eigenvalue weighted by Crippen LogP contribution is 2.24. The van der Waals surface area contributed by atoms with Gasteiger partial charge in [-0.15, -0.1) is 11.3 Å². The first kappa shape index (κ1) is 22.0. The maximum atomic E-state index is 12.7. The highest BCUT2D eigenvalue weighted by atomic mass is 32.1. The second kappa shape index (κ2) is 9.84. The molecule has 1 fully saturated rings. The van der Waals surface area contributed by atoms with E-state index in [2.05, 4.69) is 4.98 Å². The molecule has 1 aliphatic heterocycles. The van der Waals surface area contributed by atoms with Crippen molar-refractivity contribution in [1.29, 1.82) is 0 Å². The molecule has 7 nitrogen and oxygen atoms in total. The number of ether oxygens (including phenoxy) is 1. The molecule has 2 aromatic rings. The molecule has 2 amide bonds. The minimum Gasteiger partial charge on any atom is -0.466 e. The number of amides is 2. The fourth-order valence-electron chi connectivity index (χ4n) is 3.43. The Morgan fingerprint density at radius 1 is 1.27 bits per heavy atom. The molecule has 0 radical (unpaired) electrons. The number of nitrogens with zero attached hydrogens (tertiary/aromatic N) is 3. The van der Waals surface area contributed by atoms with Crippen LogP contribution in [-0.2, 0) is 14.3 Å². The number of piperidine rings is 1. The van der Waals surface area contributed by atoms with Crippen LogP contribution in [0.15, 0.2) is 29.6 Å². The summed E-state index contributed by atoms with van der Waals surface area (Å²) in [6.07, 6.45) is 1.47. The van der Waals surface area contributed by atoms with E-state index in [1.165, 1.54) is 16.2 Å². The largest absolute Gasteiger partial charge is 0.466 e. The number of esters is 1. The number of carbonyl (C=O) groups is 3. The maximum absolute atomic E-state index is 12.7. The van der Waals surface area contributed by atoms with E-state index in [0.717, 1.165) is 29.0 Å². The van der Waals surface area contributed by atoms with Crippen molar-refractivity contribution in [3.63, 3.8) is 0 Å². The van der Waals surface area contributed by atoms with Crippen molar-refractivity contribution in [2.75, 3.05) is 33.3 Å². The molecule has 3 rings (SSSR count). The summed E-state index contributed by atoms with van der Waals surface area (Å²) in [5, 5.41) is 2.49. The molecule has 1 aromatic heterocycles. The lowest BCUT2D eigenvalue weighted by Gasteiger charge is -2.32. The van der Waals surface area contributed by atoms with E-state index in [9.17, 15) is 14.4 Å². The van der Waals surface area contributed by atoms with E-state index >= 15 is 0 Å². The van der Waals surface area contributed by atoms with Crippen molar-refractivity contribution in [2.24, 2.45) is 5.92 Å². The van der Waals surface area contributed by atoms with Crippen LogP contribution in [0.4, 0.5) is 0 Å². The summed E-state index contributed by atoms with van der Waals surface area (Å²) in [4.78, 5) is 44.9. The summed E-state index contributed by atoms with van der Waals surface area (Å²) in [6, 6.07) is 7.97. The number of thiazole rings is 1. The topological polar surface area (TPSA) is 79.8 Å². The van der Waals surface area contributed by atoms with E-state index in [4.69, 9.17) is 4.74 Å². The van der Waals surface area contributed by atoms with E-state index in [1.54, 1.807) is 24.3 Å². The van der Waals surface area contributed by atoms with Gasteiger partial charge in [0.2, 0.25) is 5.91 Å². The van der Waals surface area contributed by atoms with E-state index in [-0.39, 0.29) is 30.2 Å². The standard InChI is InChI=1S/C22H27N3O4S/c1-4-29-22(28)17-6-5-11-25(12-17)19(26)13-24(3)21(27)18-14-30-20(23-18)16-9-7-15(2)8-10-16/h7-10,14,17H,4-6,11-13H2,1-3H3. The number of aryl methyl sites for hydroxylation is 1. The summed E-state index contributed by atoms with van der Waals surface area (Å²) >= 11 is 1.40. The lowest BCUT2D eigenvalue weighted by Crippen LogP contribution is -2.47. The van der Waals surface area contributed by atoms with Gasteiger partial charge in [-0.25, -0.2) is 4.98 Å². The van der Waals surface area contributed by atoms with Gasteiger partial charge in [-0.3, -0.25) is 14.4 Å². The summed E-state index contributed by atoms with van der Waals surface area (Å²) in [7, 11) is 1.60. The second-order valence-corrected chi connectivity index (χ2v) is 8.35. The van der Waals surface area contributed by atoms with E-state index in [0.29, 0.717) is 25.4 Å². The third kappa shape index (κ3) is 5.24. The van der Waals surface area contributed by atoms with Crippen LogP contribution in [0.3, 0.4) is 0 Å². The Balaban J connectivity index is 1.59. The molecule has 0 saturated carbocycles. The molecule has 1 aromatic carbocycles. The highest BCUT2D eigenvalue weighted by Gasteiger charge is 2.30. The minimum atomic E-state index is -0.295. The monoisotopic (exact) mass is 429 g/mol. The Hall–Kier alpha value is -2.74. The van der Waals surface area contributed by atoms with Gasteiger partial charge in [-0.1, -0.05) is 29.8 Å². The summed E-state index contributed by atoms with van der Waals surface area (Å²) in [5.74, 6) is -1.02. The molecule has 8 heteroatoms. The van der Waals surface area contributed by atoms with E-state index < -0.39 is 0 Å². The lowest BCUT2D eigenvalue weighted by atomic mass is 9.98. The van der Waals surface area contributed by atoms with Crippen LogP contribution in [0.1, 0.15) is 35.8 Å². The zero-order chi connectivity index (χ0) is 21.7. The van der Waals surface area contributed by atoms with Crippen molar-refractivity contribution in [3.05, 3.63) is 40.9 Å². The average molecular weight is 430 g/mol. The predicted octanol–water partition coefficient (Wildman–Crippen LogP) is 2.99. The fraction of sp³-hybridized carbons (Fsp3) is 0.455. The van der Waals surface area contributed by atoms with Crippen molar-refractivity contribution < 1.29 is 19.1 Å². The number of aromatic nitrogens is 1. The maximum Gasteiger partial charge on any atom is 0.310 e. The molecule has 2 heterocycles. The minimum absolute atomic E-state index is 0.0498. The van der Waals surface area contributed by atoms with Gasteiger partial charge in [0.15, 0.2) is 0 Å². The molecule has 0 aliphatic carbocycles. The Morgan fingerprint density at radius 2 is 2.00 bits per heavy atom. The third-order valence-corrected chi connectivity index (χ3v) is 6.03. The lowest BCUT2D eigenvalue weighted by molar-refractivity contribution is -0.151. The molecular weight excluding hydrogens is 402 g/mol. The number of carbonyl (C=O) groups excluding carboxylic acids is 3. The molecule has 30 heavy (non-hydrogen) atoms. The Kier molecular flexibility index (Phi) is 7.20. The number of hydrogen-bond donors (Lipinski definition) is 0. The zero-order valence-corrected chi connectivity index (χ0v) is 18.4. The molecular formula is C22H27N3O4S. The molecule has 160 valence electrons. The van der Waals surface area contributed by atoms with Gasteiger partial charge < -0.3 is 14.5 Å². The van der Waals surface area contributed by atoms with Gasteiger partial charge in [-0.05, 0) is 26.7 Å². The van der Waals surface area contributed by atoms with Crippen LogP contribution in [0.25, 0.3) is 10.6 Å². The first-order valence-electron chi connectivity index (χ1n) is 10.1. The van der Waals surface area contributed by atoms with Crippen LogP contribution >= 0.6 is 11.3 Å². The first-order valence-corrected chi connectivity index (χ1v) is 11.0. The van der Waals surface area contributed by atoms with Gasteiger partial charge in [0, 0.05) is 31.1 Å². The molecule has 0 N–H and O–H groups in total. The summed E-state index contributed by atoms with van der Waals surface area (Å²) < 4.78 is 5.08. The van der Waals surface area contributed by atoms with Gasteiger partial charge in [-0.2, -0.15) is 0 Å². The zero-order valence-electron chi connectivity index (χ0n) is 17.6. The molecule has 1 aliphatic rings. The van der Waals surface area contributed by atoms with Crippen molar-refractivity contribution >= 4 is 29.1 Å². The van der Waals surface area contributed by atoms with Crippen LogP contribution in [0.5, 0.6) is 0 Å². The number of hydrogen-bond acceptors (Lipinski definition) is 6. The number of likely N-dealkylation sites (tertiary alicyclic amines) is 1. The van der Waals surface area contributed by atoms with Crippen LogP contribution < -0.4 is 0 Å². The SMILES string of the molecule is CCOC(=O)C1CCCN(C(=O)CN(C)C(=O)c2csc(-c3ccc(C)cc3)n2)C1. The smallest absolute Gasteiger partial charge is 0.310 e. The number of benzene rings is 1. The van der Waals surface area contributed by atoms with Crippen LogP contribution in [-0.4, -0.2) is 65.9 Å². The fourth-order valence-corrected chi connectivity index (χ4v) is 4.23. The van der Waals surface area contributed by atoms with Crippen LogP contribution in [0.2, 0.25) is 0 Å². The van der Waals surface area contributed by atoms with Crippen LogP contribution in [0, 0.1) is 12.8 Å². The molecule has 1 saturated heterocycles. The molecule has 0 spiro atoms. The first-order chi connectivity index (χ1) is 14.4. The van der Waals surface area contributed by atoms with Gasteiger partial charge >= 0.3 is 5.97 Å². The second-order valence-electron chi connectivity index (χ2n) is 7.50. The Bertz CT molecular complexity index is 909. The summed E-state index contributed by atoms with van der Waals surface area (Å²) in [6.45, 7) is 5.00. The summed E-state index contributed by atoms with van der Waals surface area (Å²) in [5.41, 5.74) is 2.45. The normalized spacial score (nSPS) is 16.2. The molecule has 1 unspecified atom stereocenters. The van der Waals surface area contributed by atoms with E-state index in [1.807, 2.05) is 31.2 Å². The predicted molar refractivity (Wildman–Crippen MR) is 115 cm³/mol. The highest BCUT2D eigenvalue weighted by molar-refractivity contribution is 7.13. The van der Waals surface area contributed by atoms with Gasteiger partial charge in [0.25, 0.3) is 5.91 Å². The number of likely N-dealkylation sites (N-methyl/N-ethyl adjacent to an activating group) is 1. The van der Waals surface area contributed by atoms with Gasteiger partial charge in [0.05, 0.1) is 19.1 Å². The van der Waals surface area contributed by atoms with Crippen molar-refractivity contribution in [2.45, 2.75) is 26.7 Å².